The van der Waals surface area contributed by atoms with Crippen molar-refractivity contribution in [1.82, 2.24) is 15.2 Å². The van der Waals surface area contributed by atoms with Gasteiger partial charge in [-0.25, -0.2) is 18.1 Å². The van der Waals surface area contributed by atoms with E-state index >= 15 is 0 Å². The summed E-state index contributed by atoms with van der Waals surface area (Å²) in [4.78, 5) is 4.10. The van der Waals surface area contributed by atoms with Crippen LogP contribution in [0, 0.1) is 0 Å². The molecule has 8 heteroatoms. The fraction of sp³-hybridized carbons (Fsp3) is 0.308. The first-order valence-corrected chi connectivity index (χ1v) is 7.99. The number of nitrogens with zero attached hydrogens (tertiary/aromatic N) is 3. The highest BCUT2D eigenvalue weighted by molar-refractivity contribution is 7.92. The number of aromatic hydroxyl groups is 1. The molecule has 0 bridgehead atoms. The zero-order valence-corrected chi connectivity index (χ0v) is 12.6. The number of sulfonamides is 1. The van der Waals surface area contributed by atoms with Crippen molar-refractivity contribution >= 4 is 16.0 Å². The van der Waals surface area contributed by atoms with Gasteiger partial charge in [0.25, 0.3) is 16.0 Å². The second-order valence-electron chi connectivity index (χ2n) is 4.34. The van der Waals surface area contributed by atoms with Gasteiger partial charge in [-0.3, -0.25) is 0 Å². The topological polar surface area (TPSA) is 105 Å². The number of phenols is 1. The van der Waals surface area contributed by atoms with Crippen molar-refractivity contribution in [3.05, 3.63) is 35.7 Å². The molecule has 0 amide bonds. The summed E-state index contributed by atoms with van der Waals surface area (Å²) < 4.78 is 26.6. The number of hydrogen-bond acceptors (Lipinski definition) is 6. The van der Waals surface area contributed by atoms with Gasteiger partial charge in [0.2, 0.25) is 0 Å². The lowest BCUT2D eigenvalue weighted by Gasteiger charge is -2.08. The quantitative estimate of drug-likeness (QED) is 0.867. The van der Waals surface area contributed by atoms with Crippen LogP contribution in [-0.2, 0) is 22.9 Å². The molecular weight excluding hydrogens is 292 g/mol. The maximum absolute atomic E-state index is 12.2. The third kappa shape index (κ3) is 3.46. The van der Waals surface area contributed by atoms with Crippen LogP contribution in [0.25, 0.3) is 0 Å². The highest BCUT2D eigenvalue weighted by Crippen LogP contribution is 2.18. The van der Waals surface area contributed by atoms with Gasteiger partial charge in [-0.15, -0.1) is 10.2 Å². The second-order valence-corrected chi connectivity index (χ2v) is 6.02. The van der Waals surface area contributed by atoms with Crippen molar-refractivity contribution in [2.24, 2.45) is 0 Å². The standard InChI is InChI=1S/C13H16N4O3S/c1-3-11-12(4-2)15-16-13(14-11)17-21(19,20)10-7-5-6-9(18)8-10/h5-8,18H,3-4H2,1-2H3,(H,14,16,17). The Hall–Kier alpha value is -2.22. The molecule has 1 aromatic carbocycles. The molecule has 2 rings (SSSR count). The highest BCUT2D eigenvalue weighted by Gasteiger charge is 2.17. The maximum Gasteiger partial charge on any atom is 0.264 e. The van der Waals surface area contributed by atoms with Crippen LogP contribution in [0.15, 0.2) is 29.2 Å². The molecule has 0 saturated heterocycles. The second kappa shape index (κ2) is 6.04. The molecule has 1 heterocycles. The van der Waals surface area contributed by atoms with Gasteiger partial charge in [-0.2, -0.15) is 0 Å². The molecule has 2 aromatic rings. The minimum atomic E-state index is -3.86. The molecule has 21 heavy (non-hydrogen) atoms. The summed E-state index contributed by atoms with van der Waals surface area (Å²) in [5, 5.41) is 17.1. The third-order valence-electron chi connectivity index (χ3n) is 2.86. The Balaban J connectivity index is 2.33. The molecule has 1 aromatic heterocycles. The summed E-state index contributed by atoms with van der Waals surface area (Å²) in [6.07, 6.45) is 1.32. The fourth-order valence-corrected chi connectivity index (χ4v) is 2.79. The van der Waals surface area contributed by atoms with Crippen LogP contribution in [-0.4, -0.2) is 28.7 Å². The zero-order chi connectivity index (χ0) is 15.5. The predicted molar refractivity (Wildman–Crippen MR) is 77.5 cm³/mol. The molecule has 0 aliphatic carbocycles. The van der Waals surface area contributed by atoms with Gasteiger partial charge in [0.15, 0.2) is 0 Å². The summed E-state index contributed by atoms with van der Waals surface area (Å²) in [5.74, 6) is -0.208. The number of phenolic OH excluding ortho intramolecular Hbond substituents is 1. The number of benzene rings is 1. The van der Waals surface area contributed by atoms with Gasteiger partial charge in [0.05, 0.1) is 16.3 Å². The molecule has 0 aliphatic rings. The zero-order valence-electron chi connectivity index (χ0n) is 11.7. The monoisotopic (exact) mass is 308 g/mol. The number of nitrogens with one attached hydrogen (secondary N) is 1. The molecule has 7 nitrogen and oxygen atoms in total. The van der Waals surface area contributed by atoms with Crippen LogP contribution in [0.1, 0.15) is 25.2 Å². The molecule has 0 fully saturated rings. The van der Waals surface area contributed by atoms with Crippen LogP contribution in [0.2, 0.25) is 0 Å². The molecule has 0 radical (unpaired) electrons. The molecule has 0 atom stereocenters. The minimum absolute atomic E-state index is 0.0660. The van der Waals surface area contributed by atoms with Crippen LogP contribution >= 0.6 is 0 Å². The largest absolute Gasteiger partial charge is 0.508 e. The maximum atomic E-state index is 12.2. The lowest BCUT2D eigenvalue weighted by molar-refractivity contribution is 0.473. The van der Waals surface area contributed by atoms with E-state index < -0.39 is 10.0 Å². The van der Waals surface area contributed by atoms with E-state index in [0.717, 1.165) is 11.8 Å². The molecule has 2 N–H and O–H groups in total. The van der Waals surface area contributed by atoms with Gasteiger partial charge in [-0.05, 0) is 25.0 Å². The summed E-state index contributed by atoms with van der Waals surface area (Å²) >= 11 is 0. The molecule has 112 valence electrons. The van der Waals surface area contributed by atoms with Gasteiger partial charge in [-0.1, -0.05) is 19.9 Å². The van der Waals surface area contributed by atoms with Crippen LogP contribution in [0.3, 0.4) is 0 Å². The normalized spacial score (nSPS) is 11.3. The number of aryl methyl sites for hydroxylation is 2. The Morgan fingerprint density at radius 3 is 2.48 bits per heavy atom. The van der Waals surface area contributed by atoms with Crippen molar-refractivity contribution in [2.45, 2.75) is 31.6 Å². The van der Waals surface area contributed by atoms with E-state index in [1.807, 2.05) is 13.8 Å². The van der Waals surface area contributed by atoms with E-state index in [0.29, 0.717) is 18.5 Å². The molecular formula is C13H16N4O3S. The van der Waals surface area contributed by atoms with Crippen LogP contribution < -0.4 is 4.72 Å². The molecule has 0 aliphatic heterocycles. The first-order chi connectivity index (χ1) is 9.96. The Bertz CT molecular complexity index is 747. The minimum Gasteiger partial charge on any atom is -0.508 e. The van der Waals surface area contributed by atoms with Gasteiger partial charge in [0.1, 0.15) is 5.75 Å². The Kier molecular flexibility index (Phi) is 4.37. The average Bonchev–Trinajstić information content (AvgIpc) is 2.46. The first-order valence-electron chi connectivity index (χ1n) is 6.50. The molecule has 0 saturated carbocycles. The number of anilines is 1. The van der Waals surface area contributed by atoms with Crippen molar-refractivity contribution in [1.29, 1.82) is 0 Å². The van der Waals surface area contributed by atoms with E-state index in [2.05, 4.69) is 19.9 Å². The third-order valence-corrected chi connectivity index (χ3v) is 4.19. The molecule has 0 spiro atoms. The van der Waals surface area contributed by atoms with Crippen molar-refractivity contribution < 1.29 is 13.5 Å². The summed E-state index contributed by atoms with van der Waals surface area (Å²) in [6.45, 7) is 3.85. The highest BCUT2D eigenvalue weighted by atomic mass is 32.2. The summed E-state index contributed by atoms with van der Waals surface area (Å²) in [5.41, 5.74) is 1.46. The van der Waals surface area contributed by atoms with Gasteiger partial charge in [0, 0.05) is 6.07 Å². The Labute approximate surface area is 123 Å². The number of rotatable bonds is 5. The van der Waals surface area contributed by atoms with Crippen molar-refractivity contribution in [3.8, 4) is 5.75 Å². The van der Waals surface area contributed by atoms with Gasteiger partial charge < -0.3 is 5.11 Å². The van der Waals surface area contributed by atoms with E-state index in [-0.39, 0.29) is 16.6 Å². The van der Waals surface area contributed by atoms with E-state index in [9.17, 15) is 13.5 Å². The lowest BCUT2D eigenvalue weighted by atomic mass is 10.2. The van der Waals surface area contributed by atoms with Crippen molar-refractivity contribution in [3.63, 3.8) is 0 Å². The van der Waals surface area contributed by atoms with Crippen LogP contribution in [0.5, 0.6) is 5.75 Å². The van der Waals surface area contributed by atoms with Gasteiger partial charge >= 0.3 is 0 Å². The van der Waals surface area contributed by atoms with Crippen molar-refractivity contribution in [2.75, 3.05) is 4.72 Å². The summed E-state index contributed by atoms with van der Waals surface area (Å²) in [7, 11) is -3.86. The number of hydrogen-bond donors (Lipinski definition) is 2. The lowest BCUT2D eigenvalue weighted by Crippen LogP contribution is -2.17. The SMILES string of the molecule is CCc1nnc(NS(=O)(=O)c2cccc(O)c2)nc1CC. The Morgan fingerprint density at radius 2 is 1.86 bits per heavy atom. The molecule has 0 unspecified atom stereocenters. The number of aromatic nitrogens is 3. The summed E-state index contributed by atoms with van der Waals surface area (Å²) in [6, 6.07) is 5.36. The fourth-order valence-electron chi connectivity index (χ4n) is 1.81. The predicted octanol–water partition coefficient (Wildman–Crippen LogP) is 1.50. The van der Waals surface area contributed by atoms with Crippen LogP contribution in [0.4, 0.5) is 5.95 Å². The van der Waals surface area contributed by atoms with E-state index in [4.69, 9.17) is 0 Å². The smallest absolute Gasteiger partial charge is 0.264 e. The first kappa shape index (κ1) is 15.2. The average molecular weight is 308 g/mol. The van der Waals surface area contributed by atoms with E-state index in [1.54, 1.807) is 0 Å². The van der Waals surface area contributed by atoms with E-state index in [1.165, 1.54) is 18.2 Å². The Morgan fingerprint density at radius 1 is 1.14 bits per heavy atom.